The van der Waals surface area contributed by atoms with Crippen LogP contribution in [0.2, 0.25) is 0 Å². The van der Waals surface area contributed by atoms with E-state index < -0.39 is 17.5 Å². The standard InChI is InChI=1S/C20H21F3N4O/c21-13-10-25-20(26-11-13)24-9-12-4-6-27(7-5-12)19(28)16-8-15(16)14-2-1-3-17(22)18(14)23/h1-3,10-12,15-16H,4-9H2,(H,24,25,26)/t15-,16?/m0/s1. The van der Waals surface area contributed by atoms with E-state index in [-0.39, 0.29) is 17.7 Å². The van der Waals surface area contributed by atoms with Crippen molar-refractivity contribution in [3.63, 3.8) is 0 Å². The Kier molecular flexibility index (Phi) is 5.19. The van der Waals surface area contributed by atoms with Crippen LogP contribution < -0.4 is 5.32 Å². The van der Waals surface area contributed by atoms with Crippen LogP contribution in [0.5, 0.6) is 0 Å². The fourth-order valence-electron chi connectivity index (χ4n) is 3.85. The van der Waals surface area contributed by atoms with Gasteiger partial charge in [-0.15, -0.1) is 0 Å². The number of aromatic nitrogens is 2. The maximum Gasteiger partial charge on any atom is 0.226 e. The van der Waals surface area contributed by atoms with Crippen LogP contribution in [0, 0.1) is 29.3 Å². The van der Waals surface area contributed by atoms with E-state index in [1.165, 1.54) is 6.07 Å². The normalized spacial score (nSPS) is 22.2. The van der Waals surface area contributed by atoms with E-state index >= 15 is 0 Å². The van der Waals surface area contributed by atoms with Crippen molar-refractivity contribution in [1.82, 2.24) is 14.9 Å². The molecule has 2 fully saturated rings. The molecule has 1 unspecified atom stereocenters. The second kappa shape index (κ2) is 7.77. The molecule has 148 valence electrons. The number of carbonyl (C=O) groups excluding carboxylic acids is 1. The molecule has 1 aromatic carbocycles. The molecule has 1 aliphatic carbocycles. The number of carbonyl (C=O) groups is 1. The van der Waals surface area contributed by atoms with E-state index in [1.807, 2.05) is 4.90 Å². The SMILES string of the molecule is O=C(C1C[C@H]1c1cccc(F)c1F)N1CCC(CNc2ncc(F)cn2)CC1. The van der Waals surface area contributed by atoms with Crippen molar-refractivity contribution in [3.8, 4) is 0 Å². The zero-order valence-electron chi connectivity index (χ0n) is 15.2. The molecule has 0 spiro atoms. The summed E-state index contributed by atoms with van der Waals surface area (Å²) in [4.78, 5) is 22.3. The number of anilines is 1. The Morgan fingerprint density at radius 3 is 2.57 bits per heavy atom. The van der Waals surface area contributed by atoms with Gasteiger partial charge in [-0.05, 0) is 42.7 Å². The number of piperidine rings is 1. The zero-order chi connectivity index (χ0) is 19.7. The number of nitrogens with zero attached hydrogens (tertiary/aromatic N) is 3. The van der Waals surface area contributed by atoms with Gasteiger partial charge in [0.15, 0.2) is 17.5 Å². The van der Waals surface area contributed by atoms with Crippen LogP contribution >= 0.6 is 0 Å². The summed E-state index contributed by atoms with van der Waals surface area (Å²) >= 11 is 0. The highest BCUT2D eigenvalue weighted by molar-refractivity contribution is 5.83. The fraction of sp³-hybridized carbons (Fsp3) is 0.450. The van der Waals surface area contributed by atoms with Gasteiger partial charge < -0.3 is 10.2 Å². The highest BCUT2D eigenvalue weighted by Gasteiger charge is 2.47. The first-order chi connectivity index (χ1) is 13.5. The van der Waals surface area contributed by atoms with Gasteiger partial charge in [0.2, 0.25) is 11.9 Å². The zero-order valence-corrected chi connectivity index (χ0v) is 15.2. The van der Waals surface area contributed by atoms with E-state index in [0.29, 0.717) is 43.5 Å². The molecule has 0 radical (unpaired) electrons. The summed E-state index contributed by atoms with van der Waals surface area (Å²) in [5.74, 6) is -1.87. The van der Waals surface area contributed by atoms with Crippen LogP contribution in [0.15, 0.2) is 30.6 Å². The third kappa shape index (κ3) is 3.95. The topological polar surface area (TPSA) is 58.1 Å². The Labute approximate surface area is 161 Å². The molecule has 5 nitrogen and oxygen atoms in total. The maximum absolute atomic E-state index is 13.9. The molecule has 1 saturated heterocycles. The predicted octanol–water partition coefficient (Wildman–Crippen LogP) is 3.35. The quantitative estimate of drug-likeness (QED) is 0.851. The molecule has 1 amide bonds. The highest BCUT2D eigenvalue weighted by Crippen LogP contribution is 2.49. The molecule has 1 N–H and O–H groups in total. The first-order valence-corrected chi connectivity index (χ1v) is 9.47. The summed E-state index contributed by atoms with van der Waals surface area (Å²) in [5.41, 5.74) is 0.303. The number of halogens is 3. The number of nitrogens with one attached hydrogen (secondary N) is 1. The Bertz CT molecular complexity index is 853. The summed E-state index contributed by atoms with van der Waals surface area (Å²) in [6.45, 7) is 1.95. The molecule has 2 aliphatic rings. The van der Waals surface area contributed by atoms with Gasteiger partial charge >= 0.3 is 0 Å². The molecular weight excluding hydrogens is 369 g/mol. The first-order valence-electron chi connectivity index (χ1n) is 9.47. The lowest BCUT2D eigenvalue weighted by atomic mass is 9.96. The predicted molar refractivity (Wildman–Crippen MR) is 97.0 cm³/mol. The molecule has 28 heavy (non-hydrogen) atoms. The van der Waals surface area contributed by atoms with Crippen LogP contribution in [0.3, 0.4) is 0 Å². The number of hydrogen-bond donors (Lipinski definition) is 1. The third-order valence-corrected chi connectivity index (χ3v) is 5.58. The van der Waals surface area contributed by atoms with E-state index in [4.69, 9.17) is 0 Å². The van der Waals surface area contributed by atoms with Gasteiger partial charge in [0.25, 0.3) is 0 Å². The van der Waals surface area contributed by atoms with Gasteiger partial charge in [0.1, 0.15) is 0 Å². The van der Waals surface area contributed by atoms with Crippen molar-refractivity contribution < 1.29 is 18.0 Å². The number of benzene rings is 1. The Morgan fingerprint density at radius 1 is 1.14 bits per heavy atom. The average molecular weight is 390 g/mol. The molecule has 0 bridgehead atoms. The molecular formula is C20H21F3N4O. The van der Waals surface area contributed by atoms with E-state index in [1.54, 1.807) is 6.07 Å². The highest BCUT2D eigenvalue weighted by atomic mass is 19.2. The Morgan fingerprint density at radius 2 is 1.86 bits per heavy atom. The van der Waals surface area contributed by atoms with Crippen LogP contribution in [0.4, 0.5) is 19.1 Å². The van der Waals surface area contributed by atoms with Crippen LogP contribution in [-0.2, 0) is 4.79 Å². The number of amides is 1. The average Bonchev–Trinajstić information content (AvgIpc) is 3.50. The van der Waals surface area contributed by atoms with Crippen LogP contribution in [0.1, 0.15) is 30.7 Å². The summed E-state index contributed by atoms with van der Waals surface area (Å²) in [5, 5.41) is 3.09. The van der Waals surface area contributed by atoms with Crippen molar-refractivity contribution in [2.75, 3.05) is 25.0 Å². The molecule has 2 heterocycles. The lowest BCUT2D eigenvalue weighted by molar-refractivity contribution is -0.134. The summed E-state index contributed by atoms with van der Waals surface area (Å²) in [7, 11) is 0. The molecule has 2 atom stereocenters. The molecule has 1 aliphatic heterocycles. The third-order valence-electron chi connectivity index (χ3n) is 5.58. The van der Waals surface area contributed by atoms with Crippen LogP contribution in [-0.4, -0.2) is 40.4 Å². The minimum atomic E-state index is -0.867. The van der Waals surface area contributed by atoms with Gasteiger partial charge in [0, 0.05) is 25.6 Å². The Balaban J connectivity index is 1.25. The number of likely N-dealkylation sites (tertiary alicyclic amines) is 1. The van der Waals surface area contributed by atoms with E-state index in [2.05, 4.69) is 15.3 Å². The van der Waals surface area contributed by atoms with Crippen molar-refractivity contribution >= 4 is 11.9 Å². The summed E-state index contributed by atoms with van der Waals surface area (Å²) in [6.07, 6.45) is 4.48. The summed E-state index contributed by atoms with van der Waals surface area (Å²) in [6, 6.07) is 4.14. The molecule has 4 rings (SSSR count). The second-order valence-electron chi connectivity index (χ2n) is 7.47. The Hall–Kier alpha value is -2.64. The first kappa shape index (κ1) is 18.7. The monoisotopic (exact) mass is 390 g/mol. The van der Waals surface area contributed by atoms with Crippen molar-refractivity contribution in [1.29, 1.82) is 0 Å². The number of rotatable bonds is 5. The minimum absolute atomic E-state index is 0.0296. The lowest BCUT2D eigenvalue weighted by Crippen LogP contribution is -2.41. The molecule has 8 heteroatoms. The van der Waals surface area contributed by atoms with E-state index in [0.717, 1.165) is 31.3 Å². The molecule has 1 saturated carbocycles. The van der Waals surface area contributed by atoms with Gasteiger partial charge in [-0.3, -0.25) is 4.79 Å². The largest absolute Gasteiger partial charge is 0.354 e. The van der Waals surface area contributed by atoms with Gasteiger partial charge in [-0.2, -0.15) is 0 Å². The molecule has 2 aromatic rings. The lowest BCUT2D eigenvalue weighted by Gasteiger charge is -2.32. The van der Waals surface area contributed by atoms with Crippen molar-refractivity contribution in [2.24, 2.45) is 11.8 Å². The summed E-state index contributed by atoms with van der Waals surface area (Å²) < 4.78 is 40.2. The van der Waals surface area contributed by atoms with Crippen molar-refractivity contribution in [3.05, 3.63) is 53.6 Å². The van der Waals surface area contributed by atoms with Gasteiger partial charge in [-0.25, -0.2) is 23.1 Å². The van der Waals surface area contributed by atoms with Crippen LogP contribution in [0.25, 0.3) is 0 Å². The van der Waals surface area contributed by atoms with E-state index in [9.17, 15) is 18.0 Å². The minimum Gasteiger partial charge on any atom is -0.354 e. The smallest absolute Gasteiger partial charge is 0.226 e. The van der Waals surface area contributed by atoms with Crippen molar-refractivity contribution in [2.45, 2.75) is 25.2 Å². The fourth-order valence-corrected chi connectivity index (χ4v) is 3.85. The number of hydrogen-bond acceptors (Lipinski definition) is 4. The van der Waals surface area contributed by atoms with Gasteiger partial charge in [0.05, 0.1) is 12.4 Å². The second-order valence-corrected chi connectivity index (χ2v) is 7.47. The molecule has 1 aromatic heterocycles. The van der Waals surface area contributed by atoms with Gasteiger partial charge in [-0.1, -0.05) is 12.1 Å². The maximum atomic E-state index is 13.9.